The van der Waals surface area contributed by atoms with E-state index in [1.54, 1.807) is 13.1 Å². The van der Waals surface area contributed by atoms with Gasteiger partial charge in [0.1, 0.15) is 12.2 Å². The SMILES string of the molecule is CCOC(=O)C(C=O)Cc1ccc(C)nc1. The molecule has 0 saturated heterocycles. The molecule has 1 aromatic rings. The van der Waals surface area contributed by atoms with E-state index < -0.39 is 11.9 Å². The lowest BCUT2D eigenvalue weighted by Gasteiger charge is -2.09. The molecule has 0 aliphatic heterocycles. The smallest absolute Gasteiger partial charge is 0.316 e. The lowest BCUT2D eigenvalue weighted by atomic mass is 10.0. The van der Waals surface area contributed by atoms with Gasteiger partial charge in [0.15, 0.2) is 0 Å². The van der Waals surface area contributed by atoms with E-state index >= 15 is 0 Å². The van der Waals surface area contributed by atoms with Crippen molar-refractivity contribution in [3.05, 3.63) is 29.6 Å². The lowest BCUT2D eigenvalue weighted by molar-refractivity contribution is -0.149. The molecule has 0 spiro atoms. The van der Waals surface area contributed by atoms with Crippen LogP contribution in [-0.4, -0.2) is 23.8 Å². The average Bonchev–Trinajstić information content (AvgIpc) is 2.28. The van der Waals surface area contributed by atoms with Crippen molar-refractivity contribution in [1.82, 2.24) is 4.98 Å². The summed E-state index contributed by atoms with van der Waals surface area (Å²) in [5.41, 5.74) is 1.76. The van der Waals surface area contributed by atoms with Crippen molar-refractivity contribution in [2.75, 3.05) is 6.61 Å². The average molecular weight is 221 g/mol. The topological polar surface area (TPSA) is 56.3 Å². The van der Waals surface area contributed by atoms with E-state index in [0.29, 0.717) is 12.7 Å². The number of carbonyl (C=O) groups is 2. The van der Waals surface area contributed by atoms with E-state index in [2.05, 4.69) is 4.98 Å². The molecule has 4 heteroatoms. The number of ether oxygens (including phenoxy) is 1. The molecule has 0 aromatic carbocycles. The third-order valence-electron chi connectivity index (χ3n) is 2.18. The van der Waals surface area contributed by atoms with Gasteiger partial charge in [-0.15, -0.1) is 0 Å². The molecule has 0 N–H and O–H groups in total. The van der Waals surface area contributed by atoms with Crippen LogP contribution in [-0.2, 0) is 20.7 Å². The summed E-state index contributed by atoms with van der Waals surface area (Å²) in [6, 6.07) is 3.71. The quantitative estimate of drug-likeness (QED) is 0.427. The summed E-state index contributed by atoms with van der Waals surface area (Å²) in [5, 5.41) is 0. The highest BCUT2D eigenvalue weighted by molar-refractivity contribution is 5.88. The fourth-order valence-electron chi connectivity index (χ4n) is 1.31. The van der Waals surface area contributed by atoms with E-state index in [9.17, 15) is 9.59 Å². The summed E-state index contributed by atoms with van der Waals surface area (Å²) in [5.74, 6) is -1.21. The molecule has 0 radical (unpaired) electrons. The number of aromatic nitrogens is 1. The normalized spacial score (nSPS) is 11.9. The highest BCUT2D eigenvalue weighted by atomic mass is 16.5. The molecule has 86 valence electrons. The van der Waals surface area contributed by atoms with Crippen LogP contribution in [0.5, 0.6) is 0 Å². The summed E-state index contributed by atoms with van der Waals surface area (Å²) in [6.45, 7) is 3.88. The minimum atomic E-state index is -0.732. The van der Waals surface area contributed by atoms with Crippen LogP contribution in [0, 0.1) is 12.8 Å². The third-order valence-corrected chi connectivity index (χ3v) is 2.18. The predicted molar refractivity (Wildman–Crippen MR) is 58.9 cm³/mol. The van der Waals surface area contributed by atoms with Crippen molar-refractivity contribution in [2.45, 2.75) is 20.3 Å². The lowest BCUT2D eigenvalue weighted by Crippen LogP contribution is -2.21. The summed E-state index contributed by atoms with van der Waals surface area (Å²) in [6.07, 6.45) is 2.64. The Hall–Kier alpha value is -1.71. The van der Waals surface area contributed by atoms with Gasteiger partial charge >= 0.3 is 5.97 Å². The summed E-state index contributed by atoms with van der Waals surface area (Å²) in [7, 11) is 0. The van der Waals surface area contributed by atoms with Crippen molar-refractivity contribution in [3.63, 3.8) is 0 Å². The van der Waals surface area contributed by atoms with Gasteiger partial charge in [0.05, 0.1) is 6.61 Å². The molecule has 0 saturated carbocycles. The molecule has 0 amide bonds. The molecule has 1 unspecified atom stereocenters. The molecule has 1 atom stereocenters. The largest absolute Gasteiger partial charge is 0.465 e. The van der Waals surface area contributed by atoms with Crippen LogP contribution in [0.3, 0.4) is 0 Å². The van der Waals surface area contributed by atoms with E-state index in [1.807, 2.05) is 19.1 Å². The van der Waals surface area contributed by atoms with Gasteiger partial charge in [-0.05, 0) is 31.9 Å². The molecular weight excluding hydrogens is 206 g/mol. The van der Waals surface area contributed by atoms with Crippen molar-refractivity contribution >= 4 is 12.3 Å². The van der Waals surface area contributed by atoms with Crippen molar-refractivity contribution in [1.29, 1.82) is 0 Å². The number of pyridine rings is 1. The number of hydrogen-bond acceptors (Lipinski definition) is 4. The van der Waals surface area contributed by atoms with Gasteiger partial charge in [-0.3, -0.25) is 9.78 Å². The summed E-state index contributed by atoms with van der Waals surface area (Å²) in [4.78, 5) is 26.2. The Morgan fingerprint density at radius 1 is 1.56 bits per heavy atom. The standard InChI is InChI=1S/C12H15NO3/c1-3-16-12(15)11(8-14)6-10-5-4-9(2)13-7-10/h4-5,7-8,11H,3,6H2,1-2H3. The first-order valence-corrected chi connectivity index (χ1v) is 5.20. The van der Waals surface area contributed by atoms with Gasteiger partial charge in [0.2, 0.25) is 0 Å². The fourth-order valence-corrected chi connectivity index (χ4v) is 1.31. The second-order valence-corrected chi connectivity index (χ2v) is 3.51. The monoisotopic (exact) mass is 221 g/mol. The molecule has 0 aliphatic carbocycles. The first-order chi connectivity index (χ1) is 7.67. The molecule has 16 heavy (non-hydrogen) atoms. The third kappa shape index (κ3) is 3.46. The highest BCUT2D eigenvalue weighted by Crippen LogP contribution is 2.08. The second-order valence-electron chi connectivity index (χ2n) is 3.51. The Kier molecular flexibility index (Phi) is 4.64. The summed E-state index contributed by atoms with van der Waals surface area (Å²) >= 11 is 0. The van der Waals surface area contributed by atoms with E-state index in [0.717, 1.165) is 11.3 Å². The zero-order chi connectivity index (χ0) is 12.0. The van der Waals surface area contributed by atoms with Gasteiger partial charge < -0.3 is 9.53 Å². The fraction of sp³-hybridized carbons (Fsp3) is 0.417. The first kappa shape index (κ1) is 12.4. The Morgan fingerprint density at radius 2 is 2.31 bits per heavy atom. The molecule has 0 fully saturated rings. The molecule has 1 aromatic heterocycles. The Morgan fingerprint density at radius 3 is 2.81 bits per heavy atom. The highest BCUT2D eigenvalue weighted by Gasteiger charge is 2.19. The molecule has 1 rings (SSSR count). The van der Waals surface area contributed by atoms with Crippen LogP contribution in [0.2, 0.25) is 0 Å². The van der Waals surface area contributed by atoms with Gasteiger partial charge in [-0.1, -0.05) is 6.07 Å². The number of aryl methyl sites for hydroxylation is 1. The Bertz CT molecular complexity index is 359. The minimum Gasteiger partial charge on any atom is -0.465 e. The molecule has 0 bridgehead atoms. The van der Waals surface area contributed by atoms with Crippen LogP contribution in [0.15, 0.2) is 18.3 Å². The molecule has 1 heterocycles. The Balaban J connectivity index is 2.66. The molecular formula is C12H15NO3. The number of aldehydes is 1. The van der Waals surface area contributed by atoms with Crippen LogP contribution in [0.1, 0.15) is 18.2 Å². The van der Waals surface area contributed by atoms with Crippen molar-refractivity contribution in [2.24, 2.45) is 5.92 Å². The molecule has 4 nitrogen and oxygen atoms in total. The van der Waals surface area contributed by atoms with Gasteiger partial charge in [-0.25, -0.2) is 0 Å². The maximum atomic E-state index is 11.4. The van der Waals surface area contributed by atoms with Crippen LogP contribution < -0.4 is 0 Å². The number of nitrogens with zero attached hydrogens (tertiary/aromatic N) is 1. The maximum Gasteiger partial charge on any atom is 0.316 e. The Labute approximate surface area is 94.6 Å². The minimum absolute atomic E-state index is 0.287. The van der Waals surface area contributed by atoms with Gasteiger partial charge in [-0.2, -0.15) is 0 Å². The predicted octanol–water partition coefficient (Wildman–Crippen LogP) is 1.31. The van der Waals surface area contributed by atoms with Crippen molar-refractivity contribution < 1.29 is 14.3 Å². The zero-order valence-electron chi connectivity index (χ0n) is 9.47. The van der Waals surface area contributed by atoms with E-state index in [1.165, 1.54) is 0 Å². The summed E-state index contributed by atoms with van der Waals surface area (Å²) < 4.78 is 4.80. The number of rotatable bonds is 5. The van der Waals surface area contributed by atoms with Crippen molar-refractivity contribution in [3.8, 4) is 0 Å². The van der Waals surface area contributed by atoms with Crippen LogP contribution >= 0.6 is 0 Å². The van der Waals surface area contributed by atoms with Crippen LogP contribution in [0.25, 0.3) is 0 Å². The number of esters is 1. The van der Waals surface area contributed by atoms with Gasteiger partial charge in [0, 0.05) is 11.9 Å². The van der Waals surface area contributed by atoms with Gasteiger partial charge in [0.25, 0.3) is 0 Å². The first-order valence-electron chi connectivity index (χ1n) is 5.20. The van der Waals surface area contributed by atoms with E-state index in [4.69, 9.17) is 4.74 Å². The maximum absolute atomic E-state index is 11.4. The second kappa shape index (κ2) is 6.00. The van der Waals surface area contributed by atoms with Crippen LogP contribution in [0.4, 0.5) is 0 Å². The zero-order valence-corrected chi connectivity index (χ0v) is 9.47. The molecule has 0 aliphatic rings. The number of hydrogen-bond donors (Lipinski definition) is 0. The van der Waals surface area contributed by atoms with E-state index in [-0.39, 0.29) is 6.61 Å². The number of carbonyl (C=O) groups excluding carboxylic acids is 2.